The van der Waals surface area contributed by atoms with E-state index in [0.29, 0.717) is 0 Å². The molecule has 0 spiro atoms. The first-order valence-electron chi connectivity index (χ1n) is 8.07. The molecule has 0 aromatic carbocycles. The van der Waals surface area contributed by atoms with Crippen LogP contribution in [-0.2, 0) is 23.8 Å². The summed E-state index contributed by atoms with van der Waals surface area (Å²) in [4.78, 5) is 24.4. The molecule has 1 saturated heterocycles. The second kappa shape index (κ2) is 8.62. The van der Waals surface area contributed by atoms with Crippen molar-refractivity contribution >= 4 is 11.9 Å². The van der Waals surface area contributed by atoms with E-state index in [9.17, 15) is 30.0 Å². The first kappa shape index (κ1) is 20.4. The van der Waals surface area contributed by atoms with Gasteiger partial charge in [0.15, 0.2) is 17.6 Å². The molecule has 0 radical (unpaired) electrons. The van der Waals surface area contributed by atoms with Crippen LogP contribution in [0.25, 0.3) is 0 Å². The minimum Gasteiger partial charge on any atom is -0.461 e. The number of ether oxygens (including phenoxy) is 3. The number of carbonyl (C=O) groups is 2. The summed E-state index contributed by atoms with van der Waals surface area (Å²) in [5.41, 5.74) is 4.29. The van der Waals surface area contributed by atoms with Crippen LogP contribution >= 0.6 is 0 Å². The number of aliphatic hydroxyl groups is 4. The molecule has 0 aromatic rings. The van der Waals surface area contributed by atoms with E-state index in [1.807, 2.05) is 0 Å². The summed E-state index contributed by atoms with van der Waals surface area (Å²) in [5.74, 6) is -1.76. The molecule has 2 heterocycles. The predicted octanol–water partition coefficient (Wildman–Crippen LogP) is -3.55. The van der Waals surface area contributed by atoms with Gasteiger partial charge in [0.1, 0.15) is 24.4 Å². The Morgan fingerprint density at radius 3 is 2.27 bits per heavy atom. The maximum Gasteiger partial charge on any atom is 0.358 e. The number of aliphatic hydroxyl groups excluding tert-OH is 4. The van der Waals surface area contributed by atoms with E-state index in [-0.39, 0.29) is 24.6 Å². The SMILES string of the molecule is CCOC(=O)C1=C(C(=O)OCC)N([C@@H]2O[C@H](CO)[C@@H](O)[C@H](O)[C@H]2O)NN1. The molecular weight excluding hydrogens is 354 g/mol. The first-order valence-corrected chi connectivity index (χ1v) is 8.07. The van der Waals surface area contributed by atoms with Gasteiger partial charge in [-0.1, -0.05) is 0 Å². The third-order valence-electron chi connectivity index (χ3n) is 3.85. The number of nitrogens with zero attached hydrogens (tertiary/aromatic N) is 1. The Morgan fingerprint density at radius 1 is 1.08 bits per heavy atom. The summed E-state index contributed by atoms with van der Waals surface area (Å²) < 4.78 is 15.2. The number of hydrogen-bond acceptors (Lipinski definition) is 12. The summed E-state index contributed by atoms with van der Waals surface area (Å²) in [5, 5.41) is 40.2. The van der Waals surface area contributed by atoms with Crippen LogP contribution in [0.4, 0.5) is 0 Å². The smallest absolute Gasteiger partial charge is 0.358 e. The van der Waals surface area contributed by atoms with Crippen LogP contribution < -0.4 is 11.0 Å². The van der Waals surface area contributed by atoms with Gasteiger partial charge in [-0.25, -0.2) is 9.59 Å². The molecule has 0 aromatic heterocycles. The van der Waals surface area contributed by atoms with E-state index in [4.69, 9.17) is 14.2 Å². The van der Waals surface area contributed by atoms with Crippen molar-refractivity contribution in [2.24, 2.45) is 0 Å². The van der Waals surface area contributed by atoms with Crippen LogP contribution in [0.15, 0.2) is 11.4 Å². The van der Waals surface area contributed by atoms with Gasteiger partial charge >= 0.3 is 11.9 Å². The number of esters is 2. The zero-order valence-corrected chi connectivity index (χ0v) is 14.3. The largest absolute Gasteiger partial charge is 0.461 e. The van der Waals surface area contributed by atoms with Crippen molar-refractivity contribution in [1.82, 2.24) is 16.0 Å². The molecule has 148 valence electrons. The standard InChI is InChI=1S/C14H23N3O9/c1-3-24-13(22)7-8(14(23)25-4-2)17(16-15-7)12-11(21)10(20)9(19)6(5-18)26-12/h6,9-12,15-16,18-21H,3-5H2,1-2H3/t6-,9-,10+,11-,12-/m1/s1. The lowest BCUT2D eigenvalue weighted by atomic mass is 9.98. The second-order valence-electron chi connectivity index (χ2n) is 5.49. The summed E-state index contributed by atoms with van der Waals surface area (Å²) in [6, 6.07) is 0. The molecule has 0 bridgehead atoms. The Hall–Kier alpha value is -1.96. The average molecular weight is 377 g/mol. The molecule has 26 heavy (non-hydrogen) atoms. The quantitative estimate of drug-likeness (QED) is 0.252. The summed E-state index contributed by atoms with van der Waals surface area (Å²) in [7, 11) is 0. The van der Waals surface area contributed by atoms with E-state index < -0.39 is 49.2 Å². The van der Waals surface area contributed by atoms with Gasteiger partial charge in [0.2, 0.25) is 0 Å². The van der Waals surface area contributed by atoms with Gasteiger partial charge in [-0.3, -0.25) is 10.4 Å². The van der Waals surface area contributed by atoms with Crippen molar-refractivity contribution in [2.45, 2.75) is 44.5 Å². The molecule has 6 N–H and O–H groups in total. The van der Waals surface area contributed by atoms with Gasteiger partial charge in [0.25, 0.3) is 0 Å². The molecule has 0 unspecified atom stereocenters. The molecule has 2 rings (SSSR count). The Balaban J connectivity index is 2.36. The third kappa shape index (κ3) is 3.75. The number of hydrogen-bond donors (Lipinski definition) is 6. The lowest BCUT2D eigenvalue weighted by Gasteiger charge is -2.43. The molecule has 5 atom stereocenters. The van der Waals surface area contributed by atoms with E-state index in [0.717, 1.165) is 5.01 Å². The number of carbonyl (C=O) groups excluding carboxylic acids is 2. The number of rotatable bonds is 6. The molecule has 12 nitrogen and oxygen atoms in total. The molecule has 12 heteroatoms. The highest BCUT2D eigenvalue weighted by atomic mass is 16.6. The van der Waals surface area contributed by atoms with Gasteiger partial charge in [-0.15, -0.1) is 5.53 Å². The highest BCUT2D eigenvalue weighted by molar-refractivity contribution is 6.00. The second-order valence-corrected chi connectivity index (χ2v) is 5.49. The minimum absolute atomic E-state index is 0.0148. The lowest BCUT2D eigenvalue weighted by Crippen LogP contribution is -2.65. The first-order chi connectivity index (χ1) is 12.4. The summed E-state index contributed by atoms with van der Waals surface area (Å²) in [6.07, 6.45) is -7.53. The van der Waals surface area contributed by atoms with Crippen LogP contribution in [0.3, 0.4) is 0 Å². The van der Waals surface area contributed by atoms with Crippen molar-refractivity contribution < 1.29 is 44.2 Å². The molecule has 0 aliphatic carbocycles. The number of nitrogens with one attached hydrogen (secondary N) is 2. The summed E-state index contributed by atoms with van der Waals surface area (Å²) >= 11 is 0. The Kier molecular flexibility index (Phi) is 6.75. The van der Waals surface area contributed by atoms with Crippen molar-refractivity contribution in [3.8, 4) is 0 Å². The Labute approximate surface area is 148 Å². The molecule has 0 amide bonds. The highest BCUT2D eigenvalue weighted by Gasteiger charge is 2.49. The zero-order valence-electron chi connectivity index (χ0n) is 14.3. The molecule has 2 aliphatic rings. The van der Waals surface area contributed by atoms with Crippen molar-refractivity contribution in [2.75, 3.05) is 19.8 Å². The average Bonchev–Trinajstić information content (AvgIpc) is 3.05. The van der Waals surface area contributed by atoms with Crippen LogP contribution in [0.2, 0.25) is 0 Å². The van der Waals surface area contributed by atoms with Crippen molar-refractivity contribution in [3.63, 3.8) is 0 Å². The number of hydrazine groups is 2. The fraction of sp³-hybridized carbons (Fsp3) is 0.714. The minimum atomic E-state index is -1.67. The fourth-order valence-electron chi connectivity index (χ4n) is 2.59. The fourth-order valence-corrected chi connectivity index (χ4v) is 2.59. The third-order valence-corrected chi connectivity index (χ3v) is 3.85. The molecule has 1 fully saturated rings. The van der Waals surface area contributed by atoms with E-state index >= 15 is 0 Å². The molecule has 0 saturated carbocycles. The van der Waals surface area contributed by atoms with E-state index in [2.05, 4.69) is 11.0 Å². The molecular formula is C14H23N3O9. The van der Waals surface area contributed by atoms with Gasteiger partial charge in [-0.05, 0) is 13.8 Å². The van der Waals surface area contributed by atoms with Crippen LogP contribution in [0.5, 0.6) is 0 Å². The summed E-state index contributed by atoms with van der Waals surface area (Å²) in [6.45, 7) is 2.57. The van der Waals surface area contributed by atoms with Gasteiger partial charge in [-0.2, -0.15) is 0 Å². The van der Waals surface area contributed by atoms with Crippen molar-refractivity contribution in [1.29, 1.82) is 0 Å². The highest BCUT2D eigenvalue weighted by Crippen LogP contribution is 2.28. The van der Waals surface area contributed by atoms with Crippen molar-refractivity contribution in [3.05, 3.63) is 11.4 Å². The normalized spacial score (nSPS) is 31.6. The predicted molar refractivity (Wildman–Crippen MR) is 82.2 cm³/mol. The molecule has 2 aliphatic heterocycles. The van der Waals surface area contributed by atoms with Crippen LogP contribution in [0, 0.1) is 0 Å². The van der Waals surface area contributed by atoms with Gasteiger partial charge in [0, 0.05) is 0 Å². The maximum absolute atomic E-state index is 12.3. The van der Waals surface area contributed by atoms with Gasteiger partial charge < -0.3 is 34.6 Å². The van der Waals surface area contributed by atoms with Crippen LogP contribution in [-0.4, -0.2) is 87.8 Å². The topological polar surface area (TPSA) is 170 Å². The van der Waals surface area contributed by atoms with E-state index in [1.165, 1.54) is 0 Å². The van der Waals surface area contributed by atoms with Gasteiger partial charge in [0.05, 0.1) is 19.8 Å². The zero-order chi connectivity index (χ0) is 19.4. The monoisotopic (exact) mass is 377 g/mol. The lowest BCUT2D eigenvalue weighted by molar-refractivity contribution is -0.266. The Morgan fingerprint density at radius 2 is 1.69 bits per heavy atom. The Bertz CT molecular complexity index is 568. The van der Waals surface area contributed by atoms with E-state index in [1.54, 1.807) is 13.8 Å². The van der Waals surface area contributed by atoms with Crippen LogP contribution in [0.1, 0.15) is 13.8 Å². The maximum atomic E-state index is 12.3.